The molecule has 0 unspecified atom stereocenters. The molecule has 3 aromatic rings. The first-order chi connectivity index (χ1) is 17.0. The van der Waals surface area contributed by atoms with Crippen LogP contribution in [0.5, 0.6) is 5.75 Å². The van der Waals surface area contributed by atoms with Crippen LogP contribution in [-0.2, 0) is 16.1 Å². The third-order valence-corrected chi connectivity index (χ3v) is 4.95. The molecular formula is C23H24FN7O5. The zero-order valence-corrected chi connectivity index (χ0v) is 19.8. The molecule has 0 saturated heterocycles. The second-order valence-electron chi connectivity index (χ2n) is 9.09. The van der Waals surface area contributed by atoms with E-state index in [4.69, 9.17) is 4.74 Å². The van der Waals surface area contributed by atoms with Gasteiger partial charge in [0.1, 0.15) is 17.1 Å². The highest BCUT2D eigenvalue weighted by molar-refractivity contribution is 5.99. The number of amides is 4. The monoisotopic (exact) mass is 497 g/mol. The van der Waals surface area contributed by atoms with Crippen molar-refractivity contribution in [2.24, 2.45) is 0 Å². The predicted molar refractivity (Wildman–Crippen MR) is 125 cm³/mol. The zero-order valence-electron chi connectivity index (χ0n) is 19.8. The Bertz CT molecular complexity index is 1380. The quantitative estimate of drug-likeness (QED) is 0.392. The fourth-order valence-electron chi connectivity index (χ4n) is 3.44. The maximum absolute atomic E-state index is 14.3. The van der Waals surface area contributed by atoms with Crippen LogP contribution in [0.1, 0.15) is 47.3 Å². The SMILES string of the molecule is CC(C)(C)NC(=O)CNC(=O)c1cc(C(=O)NCc2ccc3c(c2)NC(=O)CO3)nc2c(F)cnn12. The summed E-state index contributed by atoms with van der Waals surface area (Å²) in [5.41, 5.74) is -0.0630. The van der Waals surface area contributed by atoms with E-state index in [1.165, 1.54) is 0 Å². The topological polar surface area (TPSA) is 156 Å². The molecule has 12 nitrogen and oxygen atoms in total. The molecule has 13 heteroatoms. The number of fused-ring (bicyclic) bond motifs is 2. The summed E-state index contributed by atoms with van der Waals surface area (Å²) in [4.78, 5) is 53.2. The summed E-state index contributed by atoms with van der Waals surface area (Å²) in [6.07, 6.45) is 0.872. The Hall–Kier alpha value is -4.55. The van der Waals surface area contributed by atoms with Crippen LogP contribution in [0.4, 0.5) is 10.1 Å². The van der Waals surface area contributed by atoms with Gasteiger partial charge in [-0.1, -0.05) is 6.07 Å². The average molecular weight is 497 g/mol. The summed E-state index contributed by atoms with van der Waals surface area (Å²) in [6, 6.07) is 6.19. The summed E-state index contributed by atoms with van der Waals surface area (Å²) in [7, 11) is 0. The third kappa shape index (κ3) is 5.56. The van der Waals surface area contributed by atoms with Gasteiger partial charge in [0, 0.05) is 18.2 Å². The highest BCUT2D eigenvalue weighted by Crippen LogP contribution is 2.28. The number of carbonyl (C=O) groups excluding carboxylic acids is 4. The highest BCUT2D eigenvalue weighted by Gasteiger charge is 2.22. The van der Waals surface area contributed by atoms with Gasteiger partial charge >= 0.3 is 0 Å². The van der Waals surface area contributed by atoms with Crippen molar-refractivity contribution in [1.82, 2.24) is 30.5 Å². The number of halogens is 1. The molecule has 4 N–H and O–H groups in total. The lowest BCUT2D eigenvalue weighted by molar-refractivity contribution is -0.121. The molecule has 0 aliphatic carbocycles. The molecule has 0 spiro atoms. The Kier molecular flexibility index (Phi) is 6.55. The van der Waals surface area contributed by atoms with E-state index in [0.29, 0.717) is 17.0 Å². The number of hydrogen-bond donors (Lipinski definition) is 4. The lowest BCUT2D eigenvalue weighted by atomic mass is 10.1. The molecular weight excluding hydrogens is 473 g/mol. The highest BCUT2D eigenvalue weighted by atomic mass is 19.1. The van der Waals surface area contributed by atoms with E-state index in [1.54, 1.807) is 39.0 Å². The molecule has 0 bridgehead atoms. The number of carbonyl (C=O) groups is 4. The molecule has 0 radical (unpaired) electrons. The van der Waals surface area contributed by atoms with Gasteiger partial charge in [0.2, 0.25) is 5.91 Å². The fourth-order valence-corrected chi connectivity index (χ4v) is 3.44. The van der Waals surface area contributed by atoms with Crippen molar-refractivity contribution in [1.29, 1.82) is 0 Å². The summed E-state index contributed by atoms with van der Waals surface area (Å²) >= 11 is 0. The normalized spacial score (nSPS) is 12.8. The Morgan fingerprint density at radius 2 is 1.94 bits per heavy atom. The summed E-state index contributed by atoms with van der Waals surface area (Å²) < 4.78 is 20.5. The molecule has 1 aromatic carbocycles. The molecule has 4 rings (SSSR count). The largest absolute Gasteiger partial charge is 0.482 e. The van der Waals surface area contributed by atoms with Crippen molar-refractivity contribution in [2.45, 2.75) is 32.9 Å². The van der Waals surface area contributed by atoms with Crippen LogP contribution in [0, 0.1) is 5.82 Å². The Morgan fingerprint density at radius 3 is 2.69 bits per heavy atom. The minimum atomic E-state index is -0.824. The van der Waals surface area contributed by atoms with Gasteiger partial charge in [0.05, 0.1) is 18.4 Å². The number of benzene rings is 1. The molecule has 0 fully saturated rings. The van der Waals surface area contributed by atoms with Crippen LogP contribution >= 0.6 is 0 Å². The number of nitrogens with one attached hydrogen (secondary N) is 4. The van der Waals surface area contributed by atoms with Crippen molar-refractivity contribution in [3.63, 3.8) is 0 Å². The summed E-state index contributed by atoms with van der Waals surface area (Å²) in [5.74, 6) is -2.43. The van der Waals surface area contributed by atoms with E-state index in [9.17, 15) is 23.6 Å². The van der Waals surface area contributed by atoms with Crippen molar-refractivity contribution < 1.29 is 28.3 Å². The van der Waals surface area contributed by atoms with E-state index in [0.717, 1.165) is 16.8 Å². The first-order valence-corrected chi connectivity index (χ1v) is 11.0. The second-order valence-corrected chi connectivity index (χ2v) is 9.09. The van der Waals surface area contributed by atoms with Crippen molar-refractivity contribution >= 4 is 35.0 Å². The number of ether oxygens (including phenoxy) is 1. The lowest BCUT2D eigenvalue weighted by Gasteiger charge is -2.20. The number of hydrogen-bond acceptors (Lipinski definition) is 7. The zero-order chi connectivity index (χ0) is 26.0. The minimum absolute atomic E-state index is 0.0606. The fraction of sp³-hybridized carbons (Fsp3) is 0.304. The van der Waals surface area contributed by atoms with E-state index >= 15 is 0 Å². The van der Waals surface area contributed by atoms with Crippen LogP contribution < -0.4 is 26.0 Å². The molecule has 3 heterocycles. The average Bonchev–Trinajstić information content (AvgIpc) is 3.19. The maximum Gasteiger partial charge on any atom is 0.270 e. The summed E-state index contributed by atoms with van der Waals surface area (Å²) in [5, 5.41) is 14.3. The van der Waals surface area contributed by atoms with E-state index < -0.39 is 29.1 Å². The van der Waals surface area contributed by atoms with Crippen molar-refractivity contribution in [3.8, 4) is 5.75 Å². The van der Waals surface area contributed by atoms with Gasteiger partial charge in [0.15, 0.2) is 18.1 Å². The van der Waals surface area contributed by atoms with Crippen LogP contribution in [0.3, 0.4) is 0 Å². The van der Waals surface area contributed by atoms with Crippen LogP contribution in [0.15, 0.2) is 30.5 Å². The van der Waals surface area contributed by atoms with Gasteiger partial charge in [-0.15, -0.1) is 0 Å². The molecule has 1 aliphatic rings. The number of anilines is 1. The van der Waals surface area contributed by atoms with E-state index in [-0.39, 0.29) is 42.6 Å². The number of aromatic nitrogens is 3. The first-order valence-electron chi connectivity index (χ1n) is 11.0. The number of rotatable bonds is 6. The minimum Gasteiger partial charge on any atom is -0.482 e. The third-order valence-electron chi connectivity index (χ3n) is 4.95. The Balaban J connectivity index is 1.50. The van der Waals surface area contributed by atoms with Gasteiger partial charge in [-0.2, -0.15) is 5.10 Å². The molecule has 2 aromatic heterocycles. The number of nitrogens with zero attached hydrogens (tertiary/aromatic N) is 3. The van der Waals surface area contributed by atoms with Gasteiger partial charge in [-0.25, -0.2) is 13.9 Å². The smallest absolute Gasteiger partial charge is 0.270 e. The molecule has 0 atom stereocenters. The molecule has 188 valence electrons. The first kappa shape index (κ1) is 24.6. The van der Waals surface area contributed by atoms with Gasteiger partial charge < -0.3 is 26.0 Å². The van der Waals surface area contributed by atoms with Gasteiger partial charge in [0.25, 0.3) is 17.7 Å². The lowest BCUT2D eigenvalue weighted by Crippen LogP contribution is -2.46. The van der Waals surface area contributed by atoms with Crippen LogP contribution in [-0.4, -0.2) is 56.9 Å². The standard InChI is InChI=1S/C23H24FN7O5/c1-23(2,3)30-18(32)10-26-22(35)16-7-15(29-20-13(24)9-27-31(16)20)21(34)25-8-12-4-5-17-14(6-12)28-19(33)11-36-17/h4-7,9H,8,10-11H2,1-3H3,(H,25,34)(H,26,35)(H,28,33)(H,30,32). The predicted octanol–water partition coefficient (Wildman–Crippen LogP) is 0.774. The molecule has 1 aliphatic heterocycles. The second kappa shape index (κ2) is 9.60. The van der Waals surface area contributed by atoms with E-state index in [2.05, 4.69) is 31.3 Å². The van der Waals surface area contributed by atoms with Crippen LogP contribution in [0.25, 0.3) is 5.65 Å². The van der Waals surface area contributed by atoms with Crippen LogP contribution in [0.2, 0.25) is 0 Å². The van der Waals surface area contributed by atoms with Gasteiger partial charge in [-0.3, -0.25) is 19.2 Å². The van der Waals surface area contributed by atoms with Crippen molar-refractivity contribution in [2.75, 3.05) is 18.5 Å². The Morgan fingerprint density at radius 1 is 1.17 bits per heavy atom. The van der Waals surface area contributed by atoms with Crippen molar-refractivity contribution in [3.05, 3.63) is 53.2 Å². The molecule has 4 amide bonds. The maximum atomic E-state index is 14.3. The molecule has 0 saturated carbocycles. The Labute approximate surface area is 204 Å². The summed E-state index contributed by atoms with van der Waals surface area (Å²) in [6.45, 7) is 5.05. The van der Waals surface area contributed by atoms with E-state index in [1.807, 2.05) is 0 Å². The molecule has 36 heavy (non-hydrogen) atoms. The van der Waals surface area contributed by atoms with Gasteiger partial charge in [-0.05, 0) is 38.5 Å².